The fraction of sp³-hybridized carbons (Fsp3) is 0.350. The lowest BCUT2D eigenvalue weighted by Crippen LogP contribution is -2.48. The number of aromatic nitrogens is 2. The molecule has 3 heterocycles. The largest absolute Gasteiger partial charge is 0.338 e. The highest BCUT2D eigenvalue weighted by Gasteiger charge is 2.24. The fourth-order valence-corrected chi connectivity index (χ4v) is 4.84. The van der Waals surface area contributed by atoms with E-state index in [0.717, 1.165) is 4.88 Å². The second-order valence-electron chi connectivity index (χ2n) is 7.33. The highest BCUT2D eigenvalue weighted by molar-refractivity contribution is 7.89. The van der Waals surface area contributed by atoms with Crippen LogP contribution in [0.1, 0.15) is 21.8 Å². The van der Waals surface area contributed by atoms with Crippen LogP contribution in [0.25, 0.3) is 10.7 Å². The molecule has 10 heteroatoms. The number of nitrogens with zero attached hydrogens (tertiary/aromatic N) is 4. The van der Waals surface area contributed by atoms with Crippen molar-refractivity contribution in [1.82, 2.24) is 19.9 Å². The Balaban J connectivity index is 1.33. The summed E-state index contributed by atoms with van der Waals surface area (Å²) in [7, 11) is -3.15. The molecule has 0 aliphatic carbocycles. The molecule has 1 amide bonds. The normalized spacial score (nSPS) is 15.4. The third-order valence-electron chi connectivity index (χ3n) is 4.83. The van der Waals surface area contributed by atoms with Crippen LogP contribution in [-0.4, -0.2) is 66.7 Å². The van der Waals surface area contributed by atoms with E-state index in [1.54, 1.807) is 40.5 Å². The zero-order chi connectivity index (χ0) is 21.1. The lowest BCUT2D eigenvalue weighted by molar-refractivity contribution is 0.0615. The number of sulfone groups is 1. The number of amides is 1. The van der Waals surface area contributed by atoms with Gasteiger partial charge in [0.1, 0.15) is 0 Å². The van der Waals surface area contributed by atoms with Gasteiger partial charge in [0.2, 0.25) is 11.7 Å². The maximum Gasteiger partial charge on any atom is 0.253 e. The number of piperazine rings is 1. The lowest BCUT2D eigenvalue weighted by atomic mass is 10.1. The molecule has 30 heavy (non-hydrogen) atoms. The summed E-state index contributed by atoms with van der Waals surface area (Å²) in [5.41, 5.74) is 1.14. The Morgan fingerprint density at radius 2 is 1.97 bits per heavy atom. The van der Waals surface area contributed by atoms with Crippen LogP contribution in [0.2, 0.25) is 0 Å². The van der Waals surface area contributed by atoms with E-state index in [2.05, 4.69) is 15.0 Å². The molecule has 0 N–H and O–H groups in total. The van der Waals surface area contributed by atoms with Crippen molar-refractivity contribution < 1.29 is 17.7 Å². The summed E-state index contributed by atoms with van der Waals surface area (Å²) in [4.78, 5) is 22.2. The lowest BCUT2D eigenvalue weighted by Gasteiger charge is -2.34. The first-order chi connectivity index (χ1) is 14.4. The smallest absolute Gasteiger partial charge is 0.253 e. The number of carbonyl (C=O) groups is 1. The number of carbonyl (C=O) groups excluding carboxylic acids is 1. The standard InChI is InChI=1S/C20H22N4O4S2/c1-30(26,27)14-15-4-2-5-16(12-15)20(25)24-9-7-23(8-10-24)13-18-21-19(22-28-18)17-6-3-11-29-17/h2-6,11-12H,7-10,13-14H2,1H3. The molecule has 0 bridgehead atoms. The van der Waals surface area contributed by atoms with Crippen LogP contribution in [0.15, 0.2) is 46.3 Å². The van der Waals surface area contributed by atoms with E-state index in [9.17, 15) is 13.2 Å². The summed E-state index contributed by atoms with van der Waals surface area (Å²) < 4.78 is 28.4. The minimum Gasteiger partial charge on any atom is -0.338 e. The van der Waals surface area contributed by atoms with Crippen molar-refractivity contribution in [2.75, 3.05) is 32.4 Å². The van der Waals surface area contributed by atoms with E-state index >= 15 is 0 Å². The number of hydrogen-bond donors (Lipinski definition) is 0. The van der Waals surface area contributed by atoms with Crippen LogP contribution in [0.5, 0.6) is 0 Å². The summed E-state index contributed by atoms with van der Waals surface area (Å²) in [6.07, 6.45) is 1.19. The van der Waals surface area contributed by atoms with Crippen LogP contribution in [0, 0.1) is 0 Å². The van der Waals surface area contributed by atoms with Crippen molar-refractivity contribution in [1.29, 1.82) is 0 Å². The molecule has 0 radical (unpaired) electrons. The highest BCUT2D eigenvalue weighted by atomic mass is 32.2. The van der Waals surface area contributed by atoms with E-state index in [1.807, 2.05) is 17.5 Å². The molecule has 0 unspecified atom stereocenters. The van der Waals surface area contributed by atoms with Gasteiger partial charge in [0.05, 0.1) is 17.2 Å². The van der Waals surface area contributed by atoms with E-state index in [1.165, 1.54) is 6.26 Å². The minimum absolute atomic E-state index is 0.0699. The van der Waals surface area contributed by atoms with Gasteiger partial charge in [-0.1, -0.05) is 23.4 Å². The number of thiophene rings is 1. The van der Waals surface area contributed by atoms with Gasteiger partial charge in [0.15, 0.2) is 9.84 Å². The summed E-state index contributed by atoms with van der Waals surface area (Å²) in [6.45, 7) is 3.11. The predicted molar refractivity (Wildman–Crippen MR) is 114 cm³/mol. The van der Waals surface area contributed by atoms with Crippen molar-refractivity contribution in [2.45, 2.75) is 12.3 Å². The van der Waals surface area contributed by atoms with E-state index in [4.69, 9.17) is 4.52 Å². The summed E-state index contributed by atoms with van der Waals surface area (Å²) >= 11 is 1.56. The van der Waals surface area contributed by atoms with E-state index < -0.39 is 9.84 Å². The molecule has 0 saturated carbocycles. The average molecular weight is 447 g/mol. The molecule has 1 aliphatic rings. The quantitative estimate of drug-likeness (QED) is 0.573. The second-order valence-corrected chi connectivity index (χ2v) is 10.4. The average Bonchev–Trinajstić information content (AvgIpc) is 3.39. The van der Waals surface area contributed by atoms with Crippen LogP contribution in [0.3, 0.4) is 0 Å². The molecule has 0 spiro atoms. The van der Waals surface area contributed by atoms with Crippen molar-refractivity contribution in [2.24, 2.45) is 0 Å². The Hall–Kier alpha value is -2.56. The first-order valence-corrected chi connectivity index (χ1v) is 12.5. The van der Waals surface area contributed by atoms with E-state index in [0.29, 0.717) is 55.6 Å². The van der Waals surface area contributed by atoms with Crippen LogP contribution in [-0.2, 0) is 22.1 Å². The number of benzene rings is 1. The SMILES string of the molecule is CS(=O)(=O)Cc1cccc(C(=O)N2CCN(Cc3nc(-c4cccs4)no3)CC2)c1. The summed E-state index contributed by atoms with van der Waals surface area (Å²) in [5, 5.41) is 6.00. The minimum atomic E-state index is -3.15. The van der Waals surface area contributed by atoms with Gasteiger partial charge < -0.3 is 9.42 Å². The van der Waals surface area contributed by atoms with Crippen molar-refractivity contribution in [3.05, 3.63) is 58.8 Å². The van der Waals surface area contributed by atoms with Crippen LogP contribution in [0.4, 0.5) is 0 Å². The predicted octanol–water partition coefficient (Wildman–Crippen LogP) is 2.30. The molecule has 1 aromatic carbocycles. The molecular formula is C20H22N4O4S2. The molecule has 1 fully saturated rings. The summed E-state index contributed by atoms with van der Waals surface area (Å²) in [6, 6.07) is 10.7. The first kappa shape index (κ1) is 20.7. The van der Waals surface area contributed by atoms with Crippen molar-refractivity contribution in [3.8, 4) is 10.7 Å². The topological polar surface area (TPSA) is 96.6 Å². The van der Waals surface area contributed by atoms with Gasteiger partial charge in [0.25, 0.3) is 5.91 Å². The van der Waals surface area contributed by atoms with Gasteiger partial charge in [-0.25, -0.2) is 8.42 Å². The van der Waals surface area contributed by atoms with Crippen LogP contribution < -0.4 is 0 Å². The molecule has 3 aromatic rings. The first-order valence-electron chi connectivity index (χ1n) is 9.52. The molecule has 8 nitrogen and oxygen atoms in total. The van der Waals surface area contributed by atoms with Gasteiger partial charge in [0, 0.05) is 38.0 Å². The maximum absolute atomic E-state index is 12.8. The van der Waals surface area contributed by atoms with Crippen molar-refractivity contribution in [3.63, 3.8) is 0 Å². The summed E-state index contributed by atoms with van der Waals surface area (Å²) in [5.74, 6) is 1.01. The zero-order valence-corrected chi connectivity index (χ0v) is 18.2. The van der Waals surface area contributed by atoms with Gasteiger partial charge in [-0.3, -0.25) is 9.69 Å². The molecule has 0 atom stereocenters. The maximum atomic E-state index is 12.8. The number of rotatable bonds is 6. The number of hydrogen-bond acceptors (Lipinski definition) is 8. The Morgan fingerprint density at radius 3 is 2.67 bits per heavy atom. The third kappa shape index (κ3) is 5.13. The Bertz CT molecular complexity index is 1120. The monoisotopic (exact) mass is 446 g/mol. The Kier molecular flexibility index (Phi) is 5.98. The fourth-order valence-electron chi connectivity index (χ4n) is 3.40. The van der Waals surface area contributed by atoms with Gasteiger partial charge in [-0.15, -0.1) is 11.3 Å². The molecule has 2 aromatic heterocycles. The third-order valence-corrected chi connectivity index (χ3v) is 6.55. The molecule has 1 saturated heterocycles. The van der Waals surface area contributed by atoms with Crippen LogP contribution >= 0.6 is 11.3 Å². The van der Waals surface area contributed by atoms with Crippen molar-refractivity contribution >= 4 is 27.1 Å². The van der Waals surface area contributed by atoms with E-state index in [-0.39, 0.29) is 11.7 Å². The molecule has 158 valence electrons. The van der Waals surface area contributed by atoms with Gasteiger partial charge in [-0.2, -0.15) is 4.98 Å². The Morgan fingerprint density at radius 1 is 1.17 bits per heavy atom. The van der Waals surface area contributed by atoms with Gasteiger partial charge >= 0.3 is 0 Å². The highest BCUT2D eigenvalue weighted by Crippen LogP contribution is 2.22. The molecule has 4 rings (SSSR count). The molecular weight excluding hydrogens is 424 g/mol. The second kappa shape index (κ2) is 8.66. The molecule has 1 aliphatic heterocycles. The van der Waals surface area contributed by atoms with Gasteiger partial charge in [-0.05, 0) is 29.1 Å². The zero-order valence-electron chi connectivity index (χ0n) is 16.5. The Labute approximate surface area is 179 Å².